The summed E-state index contributed by atoms with van der Waals surface area (Å²) < 4.78 is 0.864. The number of rotatable bonds is 6. The van der Waals surface area contributed by atoms with Gasteiger partial charge in [0.15, 0.2) is 6.04 Å². The number of carboxylic acids is 1. The molecule has 0 saturated heterocycles. The highest BCUT2D eigenvalue weighted by atomic mass is 79.9. The summed E-state index contributed by atoms with van der Waals surface area (Å²) in [6.07, 6.45) is 2.23. The van der Waals surface area contributed by atoms with Gasteiger partial charge < -0.3 is 10.4 Å². The van der Waals surface area contributed by atoms with Gasteiger partial charge in [0.2, 0.25) is 5.91 Å². The summed E-state index contributed by atoms with van der Waals surface area (Å²) in [5, 5.41) is 11.9. The van der Waals surface area contributed by atoms with Gasteiger partial charge in [-0.1, -0.05) is 35.0 Å². The van der Waals surface area contributed by atoms with Crippen molar-refractivity contribution in [3.63, 3.8) is 0 Å². The molecule has 2 N–H and O–H groups in total. The number of carbonyl (C=O) groups excluding carboxylic acids is 1. The molecule has 1 rings (SSSR count). The average Bonchev–Trinajstić information content (AvgIpc) is 2.36. The van der Waals surface area contributed by atoms with Crippen LogP contribution in [-0.2, 0) is 9.59 Å². The van der Waals surface area contributed by atoms with Crippen molar-refractivity contribution in [3.05, 3.63) is 34.3 Å². The number of amides is 1. The normalized spacial score (nSPS) is 13.6. The van der Waals surface area contributed by atoms with E-state index in [0.29, 0.717) is 12.0 Å². The molecular formula is C13H16BrNO3S. The minimum absolute atomic E-state index is 0.166. The molecule has 0 spiro atoms. The Kier molecular flexibility index (Phi) is 6.37. The van der Waals surface area contributed by atoms with Crippen LogP contribution in [0, 0.1) is 0 Å². The van der Waals surface area contributed by atoms with Crippen molar-refractivity contribution in [1.29, 1.82) is 0 Å². The Morgan fingerprint density at radius 1 is 1.37 bits per heavy atom. The lowest BCUT2D eigenvalue weighted by molar-refractivity contribution is -0.142. The third-order valence-corrected chi connectivity index (χ3v) is 4.13. The zero-order valence-electron chi connectivity index (χ0n) is 10.7. The van der Waals surface area contributed by atoms with Crippen LogP contribution in [-0.4, -0.2) is 28.5 Å². The Morgan fingerprint density at radius 3 is 2.42 bits per heavy atom. The number of carboxylic acid groups (broad SMARTS) is 1. The highest BCUT2D eigenvalue weighted by Crippen LogP contribution is 2.18. The van der Waals surface area contributed by atoms with Gasteiger partial charge in [-0.15, -0.1) is 0 Å². The lowest BCUT2D eigenvalue weighted by Crippen LogP contribution is -2.34. The molecule has 0 aliphatic carbocycles. The van der Waals surface area contributed by atoms with E-state index in [1.807, 2.05) is 13.2 Å². The van der Waals surface area contributed by atoms with Crippen LogP contribution in [0.2, 0.25) is 0 Å². The SMILES string of the molecule is CSC(C)CC(=O)NC(C(=O)O)c1ccc(Br)cc1. The van der Waals surface area contributed by atoms with E-state index >= 15 is 0 Å². The first-order valence-corrected chi connectivity index (χ1v) is 7.82. The van der Waals surface area contributed by atoms with Crippen LogP contribution < -0.4 is 5.32 Å². The third-order valence-electron chi connectivity index (χ3n) is 2.63. The maximum atomic E-state index is 11.8. The number of nitrogens with one attached hydrogen (secondary N) is 1. The second kappa shape index (κ2) is 7.55. The largest absolute Gasteiger partial charge is 0.479 e. The van der Waals surface area contributed by atoms with Crippen LogP contribution in [0.3, 0.4) is 0 Å². The highest BCUT2D eigenvalue weighted by molar-refractivity contribution is 9.10. The van der Waals surface area contributed by atoms with E-state index in [4.69, 9.17) is 0 Å². The molecule has 4 nitrogen and oxygen atoms in total. The number of hydrogen-bond acceptors (Lipinski definition) is 3. The molecule has 6 heteroatoms. The number of benzene rings is 1. The fourth-order valence-electron chi connectivity index (χ4n) is 1.51. The summed E-state index contributed by atoms with van der Waals surface area (Å²) in [5.74, 6) is -1.32. The van der Waals surface area contributed by atoms with Crippen LogP contribution in [0.25, 0.3) is 0 Å². The fraction of sp³-hybridized carbons (Fsp3) is 0.385. The van der Waals surface area contributed by atoms with Crippen LogP contribution in [0.5, 0.6) is 0 Å². The fourth-order valence-corrected chi connectivity index (χ4v) is 2.09. The first-order chi connectivity index (χ1) is 8.93. The van der Waals surface area contributed by atoms with Gasteiger partial charge in [-0.3, -0.25) is 4.79 Å². The molecule has 0 radical (unpaired) electrons. The van der Waals surface area contributed by atoms with E-state index in [-0.39, 0.29) is 11.2 Å². The summed E-state index contributed by atoms with van der Waals surface area (Å²) in [6.45, 7) is 1.93. The average molecular weight is 346 g/mol. The molecule has 2 unspecified atom stereocenters. The zero-order chi connectivity index (χ0) is 14.4. The number of aliphatic carboxylic acids is 1. The van der Waals surface area contributed by atoms with E-state index in [2.05, 4.69) is 21.2 Å². The van der Waals surface area contributed by atoms with Crippen molar-refractivity contribution in [2.75, 3.05) is 6.26 Å². The molecule has 2 atom stereocenters. The minimum atomic E-state index is -1.06. The van der Waals surface area contributed by atoms with Crippen molar-refractivity contribution in [2.45, 2.75) is 24.6 Å². The van der Waals surface area contributed by atoms with E-state index < -0.39 is 12.0 Å². The summed E-state index contributed by atoms with van der Waals surface area (Å²) in [4.78, 5) is 23.0. The second-order valence-corrected chi connectivity index (χ2v) is 6.33. The quantitative estimate of drug-likeness (QED) is 0.831. The van der Waals surface area contributed by atoms with Crippen LogP contribution in [0.15, 0.2) is 28.7 Å². The first-order valence-electron chi connectivity index (χ1n) is 5.74. The lowest BCUT2D eigenvalue weighted by atomic mass is 10.1. The van der Waals surface area contributed by atoms with Gasteiger partial charge in [0.25, 0.3) is 0 Å². The molecule has 0 aromatic heterocycles. The molecule has 1 aromatic rings. The Balaban J connectivity index is 2.76. The van der Waals surface area contributed by atoms with E-state index in [1.54, 1.807) is 36.0 Å². The van der Waals surface area contributed by atoms with E-state index in [0.717, 1.165) is 4.47 Å². The molecule has 0 bridgehead atoms. The Bertz CT molecular complexity index is 450. The molecule has 1 aromatic carbocycles. The van der Waals surface area contributed by atoms with Gasteiger partial charge in [0.1, 0.15) is 0 Å². The molecule has 19 heavy (non-hydrogen) atoms. The van der Waals surface area contributed by atoms with Gasteiger partial charge in [0, 0.05) is 16.1 Å². The molecule has 0 fully saturated rings. The lowest BCUT2D eigenvalue weighted by Gasteiger charge is -2.16. The predicted octanol–water partition coefficient (Wildman–Crippen LogP) is 2.83. The first kappa shape index (κ1) is 16.0. The highest BCUT2D eigenvalue weighted by Gasteiger charge is 2.22. The second-order valence-electron chi connectivity index (χ2n) is 4.14. The third kappa shape index (κ3) is 5.24. The topological polar surface area (TPSA) is 66.4 Å². The maximum Gasteiger partial charge on any atom is 0.330 e. The Morgan fingerprint density at radius 2 is 1.95 bits per heavy atom. The molecule has 0 saturated carbocycles. The molecule has 0 aliphatic heterocycles. The van der Waals surface area contributed by atoms with Crippen molar-refractivity contribution >= 4 is 39.6 Å². The van der Waals surface area contributed by atoms with Crippen LogP contribution in [0.4, 0.5) is 0 Å². The van der Waals surface area contributed by atoms with Gasteiger partial charge in [0.05, 0.1) is 0 Å². The zero-order valence-corrected chi connectivity index (χ0v) is 13.1. The summed E-state index contributed by atoms with van der Waals surface area (Å²) in [5.41, 5.74) is 0.556. The predicted molar refractivity (Wildman–Crippen MR) is 80.3 cm³/mol. The van der Waals surface area contributed by atoms with E-state index in [9.17, 15) is 14.7 Å². The van der Waals surface area contributed by atoms with Crippen molar-refractivity contribution < 1.29 is 14.7 Å². The van der Waals surface area contributed by atoms with Crippen molar-refractivity contribution in [3.8, 4) is 0 Å². The maximum absolute atomic E-state index is 11.8. The molecular weight excluding hydrogens is 330 g/mol. The Labute approximate surface area is 125 Å². The monoisotopic (exact) mass is 345 g/mol. The molecule has 104 valence electrons. The number of thioether (sulfide) groups is 1. The van der Waals surface area contributed by atoms with Gasteiger partial charge in [-0.2, -0.15) is 11.8 Å². The molecule has 1 amide bonds. The number of carbonyl (C=O) groups is 2. The minimum Gasteiger partial charge on any atom is -0.479 e. The van der Waals surface area contributed by atoms with Crippen LogP contribution >= 0.6 is 27.7 Å². The standard InChI is InChI=1S/C13H16BrNO3S/c1-8(19-2)7-11(16)15-12(13(17)18)9-3-5-10(14)6-4-9/h3-6,8,12H,7H2,1-2H3,(H,15,16)(H,17,18). The van der Waals surface area contributed by atoms with Gasteiger partial charge >= 0.3 is 5.97 Å². The van der Waals surface area contributed by atoms with Crippen molar-refractivity contribution in [1.82, 2.24) is 5.32 Å². The number of halogens is 1. The summed E-state index contributed by atoms with van der Waals surface area (Å²) in [7, 11) is 0. The number of hydrogen-bond donors (Lipinski definition) is 2. The summed E-state index contributed by atoms with van der Waals surface area (Å²) in [6, 6.07) is 5.86. The van der Waals surface area contributed by atoms with Crippen LogP contribution in [0.1, 0.15) is 24.9 Å². The summed E-state index contributed by atoms with van der Waals surface area (Å²) >= 11 is 4.86. The molecule has 0 heterocycles. The van der Waals surface area contributed by atoms with Gasteiger partial charge in [-0.25, -0.2) is 4.79 Å². The van der Waals surface area contributed by atoms with E-state index in [1.165, 1.54) is 0 Å². The molecule has 0 aliphatic rings. The smallest absolute Gasteiger partial charge is 0.330 e. The van der Waals surface area contributed by atoms with Gasteiger partial charge in [-0.05, 0) is 24.0 Å². The Hall–Kier alpha value is -1.01. The van der Waals surface area contributed by atoms with Crippen molar-refractivity contribution in [2.24, 2.45) is 0 Å².